The smallest absolute Gasteiger partial charge is 0.305 e. The normalized spacial score (nSPS) is 31.4. The third-order valence-electron chi connectivity index (χ3n) is 3.87. The van der Waals surface area contributed by atoms with Crippen LogP contribution in [0.25, 0.3) is 0 Å². The van der Waals surface area contributed by atoms with E-state index in [-0.39, 0.29) is 24.5 Å². The molecule has 0 saturated carbocycles. The second-order valence-electron chi connectivity index (χ2n) is 6.20. The van der Waals surface area contributed by atoms with Gasteiger partial charge in [0.05, 0.1) is 19.3 Å². The van der Waals surface area contributed by atoms with Crippen molar-refractivity contribution >= 4 is 5.97 Å². The molecule has 2 heterocycles. The van der Waals surface area contributed by atoms with Gasteiger partial charge in [0.15, 0.2) is 12.1 Å². The second-order valence-corrected chi connectivity index (χ2v) is 6.20. The number of carbonyl (C=O) groups excluding carboxylic acids is 1. The van der Waals surface area contributed by atoms with Gasteiger partial charge in [-0.15, -0.1) is 0 Å². The molecule has 2 aliphatic heterocycles. The molecule has 2 aliphatic rings. The first kappa shape index (κ1) is 17.4. The number of rotatable bonds is 7. The average molecular weight is 314 g/mol. The number of hydrogen-bond donors (Lipinski definition) is 1. The van der Waals surface area contributed by atoms with Crippen molar-refractivity contribution in [1.82, 2.24) is 0 Å². The quantitative estimate of drug-likeness (QED) is 0.439. The number of methoxy groups -OCH3 is 1. The summed E-state index contributed by atoms with van der Waals surface area (Å²) in [6.45, 7) is 3.72. The van der Waals surface area contributed by atoms with Crippen LogP contribution in [0.5, 0.6) is 0 Å². The molecule has 0 bridgehead atoms. The molecular formula is C16H26O6. The summed E-state index contributed by atoms with van der Waals surface area (Å²) in [5.74, 6) is -0.799. The molecule has 0 radical (unpaired) electrons. The Labute approximate surface area is 131 Å². The fraction of sp³-hybridized carbons (Fsp3) is 0.812. The minimum atomic E-state index is -0.606. The lowest BCUT2D eigenvalue weighted by Crippen LogP contribution is -2.30. The number of carbonyl (C=O) groups is 1. The Bertz CT molecular complexity index is 389. The first-order valence-corrected chi connectivity index (χ1v) is 7.82. The highest BCUT2D eigenvalue weighted by molar-refractivity contribution is 5.68. The van der Waals surface area contributed by atoms with E-state index >= 15 is 0 Å². The Morgan fingerprint density at radius 1 is 1.41 bits per heavy atom. The zero-order chi connectivity index (χ0) is 16.2. The van der Waals surface area contributed by atoms with Crippen molar-refractivity contribution in [2.75, 3.05) is 7.11 Å². The molecular weight excluding hydrogens is 288 g/mol. The monoisotopic (exact) mass is 314 g/mol. The summed E-state index contributed by atoms with van der Waals surface area (Å²) in [6, 6.07) is 0. The van der Waals surface area contributed by atoms with Gasteiger partial charge in [-0.2, -0.15) is 0 Å². The molecule has 1 N–H and O–H groups in total. The SMILES string of the molecule is COC(=O)CCC/C=C\C[C@H](O)[C@@H]1C[C@H]2OC(C)(C)O[C@H]2O1. The van der Waals surface area contributed by atoms with E-state index in [0.717, 1.165) is 12.8 Å². The molecule has 2 saturated heterocycles. The van der Waals surface area contributed by atoms with Gasteiger partial charge in [-0.3, -0.25) is 4.79 Å². The standard InChI is InChI=1S/C16H26O6/c1-16(2)21-13-10-12(20-15(13)22-16)11(17)8-6-4-5-7-9-14(18)19-3/h4,6,11-13,15,17H,5,7-10H2,1-3H3/b6-4-/t11-,12-,13+,15+/m0/s1. The number of unbranched alkanes of at least 4 members (excludes halogenated alkanes) is 1. The maximum atomic E-state index is 10.9. The second kappa shape index (κ2) is 7.55. The molecule has 0 aromatic rings. The number of esters is 1. The number of aliphatic hydroxyl groups excluding tert-OH is 1. The fourth-order valence-electron chi connectivity index (χ4n) is 2.75. The summed E-state index contributed by atoms with van der Waals surface area (Å²) in [5, 5.41) is 10.2. The number of allylic oxidation sites excluding steroid dienone is 1. The highest BCUT2D eigenvalue weighted by Gasteiger charge is 2.49. The van der Waals surface area contributed by atoms with Gasteiger partial charge in [0.1, 0.15) is 6.10 Å². The summed E-state index contributed by atoms with van der Waals surface area (Å²) in [6.07, 6.45) is 5.71. The average Bonchev–Trinajstić information content (AvgIpc) is 2.95. The first-order valence-electron chi connectivity index (χ1n) is 7.82. The number of ether oxygens (including phenoxy) is 4. The Balaban J connectivity index is 1.63. The predicted molar refractivity (Wildman–Crippen MR) is 78.9 cm³/mol. The predicted octanol–water partition coefficient (Wildman–Crippen LogP) is 1.90. The molecule has 6 nitrogen and oxygen atoms in total. The summed E-state index contributed by atoms with van der Waals surface area (Å²) < 4.78 is 21.6. The van der Waals surface area contributed by atoms with Crippen LogP contribution in [0.2, 0.25) is 0 Å². The van der Waals surface area contributed by atoms with Crippen LogP contribution in [0.1, 0.15) is 46.0 Å². The number of aliphatic hydroxyl groups is 1. The summed E-state index contributed by atoms with van der Waals surface area (Å²) in [7, 11) is 1.39. The zero-order valence-electron chi connectivity index (χ0n) is 13.5. The van der Waals surface area contributed by atoms with Crippen molar-refractivity contribution in [1.29, 1.82) is 0 Å². The van der Waals surface area contributed by atoms with Crippen LogP contribution in [0, 0.1) is 0 Å². The van der Waals surface area contributed by atoms with Crippen molar-refractivity contribution in [2.45, 2.75) is 76.3 Å². The minimum Gasteiger partial charge on any atom is -0.469 e. The Hall–Kier alpha value is -0.950. The summed E-state index contributed by atoms with van der Waals surface area (Å²) >= 11 is 0. The molecule has 126 valence electrons. The molecule has 22 heavy (non-hydrogen) atoms. The summed E-state index contributed by atoms with van der Waals surface area (Å²) in [5.41, 5.74) is 0. The molecule has 0 unspecified atom stereocenters. The van der Waals surface area contributed by atoms with Gasteiger partial charge in [-0.1, -0.05) is 12.2 Å². The van der Waals surface area contributed by atoms with Crippen LogP contribution < -0.4 is 0 Å². The molecule has 2 rings (SSSR count). The lowest BCUT2D eigenvalue weighted by Gasteiger charge is -2.22. The maximum Gasteiger partial charge on any atom is 0.305 e. The van der Waals surface area contributed by atoms with Crippen molar-refractivity contribution in [3.63, 3.8) is 0 Å². The van der Waals surface area contributed by atoms with E-state index in [9.17, 15) is 9.90 Å². The molecule has 0 amide bonds. The van der Waals surface area contributed by atoms with Crippen molar-refractivity contribution in [3.8, 4) is 0 Å². The Morgan fingerprint density at radius 2 is 2.18 bits per heavy atom. The van der Waals surface area contributed by atoms with Gasteiger partial charge in [0.25, 0.3) is 0 Å². The van der Waals surface area contributed by atoms with Crippen LogP contribution >= 0.6 is 0 Å². The highest BCUT2D eigenvalue weighted by Crippen LogP contribution is 2.38. The Kier molecular flexibility index (Phi) is 5.97. The van der Waals surface area contributed by atoms with E-state index in [4.69, 9.17) is 14.2 Å². The van der Waals surface area contributed by atoms with Crippen LogP contribution in [-0.4, -0.2) is 48.6 Å². The van der Waals surface area contributed by atoms with E-state index in [2.05, 4.69) is 4.74 Å². The van der Waals surface area contributed by atoms with E-state index in [0.29, 0.717) is 19.3 Å². The van der Waals surface area contributed by atoms with Crippen LogP contribution in [0.4, 0.5) is 0 Å². The third-order valence-corrected chi connectivity index (χ3v) is 3.87. The molecule has 0 aliphatic carbocycles. The Morgan fingerprint density at radius 3 is 2.86 bits per heavy atom. The van der Waals surface area contributed by atoms with Crippen LogP contribution in [-0.2, 0) is 23.7 Å². The third kappa shape index (κ3) is 4.78. The molecule has 0 spiro atoms. The van der Waals surface area contributed by atoms with Crippen molar-refractivity contribution in [3.05, 3.63) is 12.2 Å². The summed E-state index contributed by atoms with van der Waals surface area (Å²) in [4.78, 5) is 10.9. The molecule has 2 fully saturated rings. The maximum absolute atomic E-state index is 10.9. The van der Waals surface area contributed by atoms with Gasteiger partial charge in [0.2, 0.25) is 0 Å². The minimum absolute atomic E-state index is 0.0984. The highest BCUT2D eigenvalue weighted by atomic mass is 16.8. The van der Waals surface area contributed by atoms with Crippen LogP contribution in [0.15, 0.2) is 12.2 Å². The van der Waals surface area contributed by atoms with Gasteiger partial charge >= 0.3 is 5.97 Å². The topological polar surface area (TPSA) is 74.2 Å². The lowest BCUT2D eigenvalue weighted by atomic mass is 10.1. The van der Waals surface area contributed by atoms with E-state index in [1.807, 2.05) is 26.0 Å². The van der Waals surface area contributed by atoms with Gasteiger partial charge in [0, 0.05) is 12.8 Å². The molecule has 6 heteroatoms. The van der Waals surface area contributed by atoms with Crippen molar-refractivity contribution < 1.29 is 28.8 Å². The zero-order valence-corrected chi connectivity index (χ0v) is 13.5. The molecule has 0 aromatic heterocycles. The van der Waals surface area contributed by atoms with E-state index in [1.54, 1.807) is 0 Å². The lowest BCUT2D eigenvalue weighted by molar-refractivity contribution is -0.213. The number of hydrogen-bond acceptors (Lipinski definition) is 6. The van der Waals surface area contributed by atoms with Gasteiger partial charge in [-0.05, 0) is 33.1 Å². The molecule has 4 atom stereocenters. The van der Waals surface area contributed by atoms with Crippen LogP contribution in [0.3, 0.4) is 0 Å². The fourth-order valence-corrected chi connectivity index (χ4v) is 2.75. The van der Waals surface area contributed by atoms with Gasteiger partial charge in [-0.25, -0.2) is 0 Å². The number of fused-ring (bicyclic) bond motifs is 1. The molecule has 0 aromatic carbocycles. The first-order chi connectivity index (χ1) is 10.4. The van der Waals surface area contributed by atoms with E-state index < -0.39 is 11.9 Å². The van der Waals surface area contributed by atoms with Crippen molar-refractivity contribution in [2.24, 2.45) is 0 Å². The van der Waals surface area contributed by atoms with Gasteiger partial charge < -0.3 is 24.1 Å². The van der Waals surface area contributed by atoms with E-state index in [1.165, 1.54) is 7.11 Å². The largest absolute Gasteiger partial charge is 0.469 e.